The molecule has 31 heavy (non-hydrogen) atoms. The van der Waals surface area contributed by atoms with Crippen molar-refractivity contribution in [3.63, 3.8) is 0 Å². The summed E-state index contributed by atoms with van der Waals surface area (Å²) in [6, 6.07) is 13.6. The van der Waals surface area contributed by atoms with Crippen LogP contribution in [0.3, 0.4) is 0 Å². The molecule has 0 bridgehead atoms. The molecule has 2 aliphatic rings. The molecule has 0 spiro atoms. The molecule has 2 N–H and O–H groups in total. The summed E-state index contributed by atoms with van der Waals surface area (Å²) in [6.07, 6.45) is 3.00. The van der Waals surface area contributed by atoms with Crippen molar-refractivity contribution in [1.29, 1.82) is 0 Å². The lowest BCUT2D eigenvalue weighted by molar-refractivity contribution is -0.124. The molecule has 0 atom stereocenters. The summed E-state index contributed by atoms with van der Waals surface area (Å²) >= 11 is 0. The van der Waals surface area contributed by atoms with Gasteiger partial charge in [-0.2, -0.15) is 0 Å². The lowest BCUT2D eigenvalue weighted by atomic mass is 9.84. The van der Waals surface area contributed by atoms with E-state index >= 15 is 0 Å². The Kier molecular flexibility index (Phi) is 4.81. The van der Waals surface area contributed by atoms with Crippen LogP contribution in [0.25, 0.3) is 10.9 Å². The van der Waals surface area contributed by atoms with Crippen LogP contribution >= 0.6 is 0 Å². The Balaban J connectivity index is 1.52. The summed E-state index contributed by atoms with van der Waals surface area (Å²) in [5, 5.41) is 0.618. The smallest absolute Gasteiger partial charge is 0.273 e. The number of nitrogen functional groups attached to an aromatic ring is 1. The molecule has 7 nitrogen and oxygen atoms in total. The molecule has 5 rings (SSSR count). The summed E-state index contributed by atoms with van der Waals surface area (Å²) in [5.41, 5.74) is 9.86. The third kappa shape index (κ3) is 3.40. The van der Waals surface area contributed by atoms with E-state index in [1.807, 2.05) is 49.4 Å². The number of fused-ring (bicyclic) bond motifs is 2. The summed E-state index contributed by atoms with van der Waals surface area (Å²) in [7, 11) is 0. The molecule has 1 aromatic heterocycles. The quantitative estimate of drug-likeness (QED) is 0.704. The molecule has 158 valence electrons. The minimum atomic E-state index is -0.180. The topological polar surface area (TPSA) is 92.4 Å². The Morgan fingerprint density at radius 1 is 1.10 bits per heavy atom. The van der Waals surface area contributed by atoms with Gasteiger partial charge in [-0.1, -0.05) is 30.7 Å². The molecule has 0 saturated heterocycles. The number of anilines is 2. The average molecular weight is 415 g/mol. The summed E-state index contributed by atoms with van der Waals surface area (Å²) in [6.45, 7) is 3.62. The second-order valence-electron chi connectivity index (χ2n) is 8.27. The fourth-order valence-electron chi connectivity index (χ4n) is 4.43. The van der Waals surface area contributed by atoms with Crippen LogP contribution in [0.5, 0.6) is 0 Å². The van der Waals surface area contributed by atoms with Crippen LogP contribution < -0.4 is 10.6 Å². The fraction of sp³-hybridized carbons (Fsp3) is 0.333. The molecule has 0 unspecified atom stereocenters. The molecule has 1 fully saturated rings. The van der Waals surface area contributed by atoms with Gasteiger partial charge in [0.2, 0.25) is 11.9 Å². The van der Waals surface area contributed by atoms with Crippen LogP contribution in [-0.2, 0) is 17.9 Å². The fourth-order valence-corrected chi connectivity index (χ4v) is 4.43. The van der Waals surface area contributed by atoms with Crippen LogP contribution in [0.15, 0.2) is 42.5 Å². The normalized spacial score (nSPS) is 15.6. The first-order valence-corrected chi connectivity index (χ1v) is 10.8. The number of amides is 2. The van der Waals surface area contributed by atoms with Gasteiger partial charge in [-0.15, -0.1) is 0 Å². The molecule has 1 aliphatic heterocycles. The van der Waals surface area contributed by atoms with Crippen LogP contribution in [0.2, 0.25) is 0 Å². The predicted molar refractivity (Wildman–Crippen MR) is 119 cm³/mol. The van der Waals surface area contributed by atoms with Gasteiger partial charge in [0.25, 0.3) is 5.91 Å². The van der Waals surface area contributed by atoms with Gasteiger partial charge in [-0.25, -0.2) is 9.97 Å². The SMILES string of the molecule is CCN(C(=O)C1CCC1)c1ccc2nc(N)nc(C(=O)N3Cc4ccccc4C3)c2c1. The molecule has 7 heteroatoms. The van der Waals surface area contributed by atoms with Crippen LogP contribution in [0, 0.1) is 5.92 Å². The average Bonchev–Trinajstić information content (AvgIpc) is 3.16. The molecule has 2 aromatic carbocycles. The number of nitrogens with zero attached hydrogens (tertiary/aromatic N) is 4. The number of nitrogens with two attached hydrogens (primary N) is 1. The first-order valence-electron chi connectivity index (χ1n) is 10.8. The number of benzene rings is 2. The van der Waals surface area contributed by atoms with Crippen LogP contribution in [0.4, 0.5) is 11.6 Å². The Morgan fingerprint density at radius 2 is 1.81 bits per heavy atom. The van der Waals surface area contributed by atoms with Gasteiger partial charge in [0, 0.05) is 36.6 Å². The van der Waals surface area contributed by atoms with Gasteiger partial charge in [-0.3, -0.25) is 9.59 Å². The van der Waals surface area contributed by atoms with E-state index in [1.165, 1.54) is 0 Å². The third-order valence-electron chi connectivity index (χ3n) is 6.38. The minimum Gasteiger partial charge on any atom is -0.368 e. The number of hydrogen-bond acceptors (Lipinski definition) is 5. The lowest BCUT2D eigenvalue weighted by Crippen LogP contribution is -2.38. The monoisotopic (exact) mass is 415 g/mol. The zero-order chi connectivity index (χ0) is 21.5. The van der Waals surface area contributed by atoms with E-state index in [1.54, 1.807) is 9.80 Å². The Labute approximate surface area is 180 Å². The third-order valence-corrected chi connectivity index (χ3v) is 6.38. The molecule has 1 aliphatic carbocycles. The second-order valence-corrected chi connectivity index (χ2v) is 8.27. The minimum absolute atomic E-state index is 0.0678. The van der Waals surface area contributed by atoms with Crippen LogP contribution in [-0.4, -0.2) is 33.2 Å². The van der Waals surface area contributed by atoms with Gasteiger partial charge in [0.15, 0.2) is 0 Å². The van der Waals surface area contributed by atoms with Gasteiger partial charge in [-0.05, 0) is 49.1 Å². The number of aromatic nitrogens is 2. The van der Waals surface area contributed by atoms with E-state index in [0.29, 0.717) is 30.5 Å². The van der Waals surface area contributed by atoms with Crippen LogP contribution in [0.1, 0.15) is 47.8 Å². The van der Waals surface area contributed by atoms with E-state index in [2.05, 4.69) is 9.97 Å². The Hall–Kier alpha value is -3.48. The number of hydrogen-bond donors (Lipinski definition) is 1. The molecule has 0 radical (unpaired) electrons. The highest BCUT2D eigenvalue weighted by atomic mass is 16.2. The lowest BCUT2D eigenvalue weighted by Gasteiger charge is -2.31. The van der Waals surface area contributed by atoms with Gasteiger partial charge in [0.1, 0.15) is 5.69 Å². The van der Waals surface area contributed by atoms with Crippen molar-refractivity contribution in [3.8, 4) is 0 Å². The van der Waals surface area contributed by atoms with Crippen molar-refractivity contribution in [2.45, 2.75) is 39.3 Å². The maximum absolute atomic E-state index is 13.4. The van der Waals surface area contributed by atoms with Crippen molar-refractivity contribution < 1.29 is 9.59 Å². The Morgan fingerprint density at radius 3 is 2.42 bits per heavy atom. The van der Waals surface area contributed by atoms with E-state index < -0.39 is 0 Å². The molecule has 2 heterocycles. The van der Waals surface area contributed by atoms with E-state index in [-0.39, 0.29) is 29.4 Å². The highest BCUT2D eigenvalue weighted by molar-refractivity contribution is 6.06. The van der Waals surface area contributed by atoms with Crippen molar-refractivity contribution in [2.75, 3.05) is 17.2 Å². The van der Waals surface area contributed by atoms with Gasteiger partial charge < -0.3 is 15.5 Å². The van der Waals surface area contributed by atoms with E-state index in [4.69, 9.17) is 5.73 Å². The van der Waals surface area contributed by atoms with E-state index in [9.17, 15) is 9.59 Å². The maximum atomic E-state index is 13.4. The summed E-state index contributed by atoms with van der Waals surface area (Å²) in [5.74, 6) is 0.133. The first-order chi connectivity index (χ1) is 15.0. The number of carbonyl (C=O) groups excluding carboxylic acids is 2. The molecular formula is C24H25N5O2. The highest BCUT2D eigenvalue weighted by Gasteiger charge is 2.30. The second kappa shape index (κ2) is 7.65. The van der Waals surface area contributed by atoms with E-state index in [0.717, 1.165) is 36.1 Å². The highest BCUT2D eigenvalue weighted by Crippen LogP contribution is 2.32. The van der Waals surface area contributed by atoms with Gasteiger partial charge >= 0.3 is 0 Å². The molecule has 2 amide bonds. The summed E-state index contributed by atoms with van der Waals surface area (Å²) in [4.78, 5) is 38.5. The zero-order valence-corrected chi connectivity index (χ0v) is 17.5. The molecule has 3 aromatic rings. The van der Waals surface area contributed by atoms with Gasteiger partial charge in [0.05, 0.1) is 5.52 Å². The predicted octanol–water partition coefficient (Wildman–Crippen LogP) is 3.52. The summed E-state index contributed by atoms with van der Waals surface area (Å²) < 4.78 is 0. The number of carbonyl (C=O) groups is 2. The Bertz CT molecular complexity index is 1160. The van der Waals surface area contributed by atoms with Crippen molar-refractivity contribution >= 4 is 34.4 Å². The first kappa shape index (κ1) is 19.5. The molecule has 1 saturated carbocycles. The largest absolute Gasteiger partial charge is 0.368 e. The molecular weight excluding hydrogens is 390 g/mol. The van der Waals surface area contributed by atoms with Crippen molar-refractivity contribution in [1.82, 2.24) is 14.9 Å². The number of rotatable bonds is 4. The zero-order valence-electron chi connectivity index (χ0n) is 17.5. The van der Waals surface area contributed by atoms with Crippen molar-refractivity contribution in [3.05, 3.63) is 59.3 Å². The standard InChI is InChI=1S/C24H25N5O2/c1-2-29(22(30)15-8-5-9-15)18-10-11-20-19(12-18)21(27-24(25)26-20)23(31)28-13-16-6-3-4-7-17(16)14-28/h3-4,6-7,10-12,15H,2,5,8-9,13-14H2,1H3,(H2,25,26,27). The van der Waals surface area contributed by atoms with Crippen molar-refractivity contribution in [2.24, 2.45) is 5.92 Å². The maximum Gasteiger partial charge on any atom is 0.273 e.